The minimum atomic E-state index is -3.69. The lowest BCUT2D eigenvalue weighted by molar-refractivity contribution is 0.0977. The third kappa shape index (κ3) is 6.52. The number of carbonyl (C=O) groups is 1. The van der Waals surface area contributed by atoms with Crippen molar-refractivity contribution in [3.63, 3.8) is 0 Å². The van der Waals surface area contributed by atoms with Crippen molar-refractivity contribution in [3.8, 4) is 5.75 Å². The molecule has 0 aliphatic heterocycles. The molecule has 1 heterocycles. The number of nitrogens with one attached hydrogen (secondary N) is 1. The first-order valence-corrected chi connectivity index (χ1v) is 12.5. The number of rotatable bonds is 10. The summed E-state index contributed by atoms with van der Waals surface area (Å²) in [6, 6.07) is 17.4. The normalized spacial score (nSPS) is 11.2. The number of aromatic nitrogens is 1. The van der Waals surface area contributed by atoms with E-state index in [1.54, 1.807) is 14.0 Å². The number of hydrogen-bond donors (Lipinski definition) is 1. The van der Waals surface area contributed by atoms with Gasteiger partial charge in [-0.3, -0.25) is 4.79 Å². The van der Waals surface area contributed by atoms with Crippen LogP contribution >= 0.6 is 11.3 Å². The molecule has 32 heavy (non-hydrogen) atoms. The highest BCUT2D eigenvalue weighted by molar-refractivity contribution is 7.89. The van der Waals surface area contributed by atoms with Crippen LogP contribution in [0.2, 0.25) is 0 Å². The Labute approximate surface area is 191 Å². The fourth-order valence-corrected chi connectivity index (χ4v) is 4.30. The predicted molar refractivity (Wildman–Crippen MR) is 125 cm³/mol. The van der Waals surface area contributed by atoms with Crippen molar-refractivity contribution in [3.05, 3.63) is 70.7 Å². The van der Waals surface area contributed by atoms with Gasteiger partial charge in [0, 0.05) is 23.7 Å². The highest BCUT2D eigenvalue weighted by atomic mass is 32.2. The molecule has 1 aromatic heterocycles. The average molecular weight is 476 g/mol. The van der Waals surface area contributed by atoms with E-state index in [0.717, 1.165) is 17.5 Å². The second-order valence-electron chi connectivity index (χ2n) is 7.01. The maximum atomic E-state index is 12.4. The third-order valence-corrected chi connectivity index (χ3v) is 5.93. The highest BCUT2D eigenvalue weighted by Gasteiger charge is 2.22. The van der Waals surface area contributed by atoms with E-state index in [4.69, 9.17) is 9.47 Å². The number of benzene rings is 2. The maximum Gasteiger partial charge on any atom is 0.284 e. The molecule has 3 rings (SSSR count). The number of hydrogen-bond acceptors (Lipinski definition) is 8. The van der Waals surface area contributed by atoms with Crippen molar-refractivity contribution in [1.29, 1.82) is 0 Å². The number of anilines is 2. The number of nitrogens with zero attached hydrogens (tertiary/aromatic N) is 2. The van der Waals surface area contributed by atoms with Crippen LogP contribution in [0, 0.1) is 6.92 Å². The summed E-state index contributed by atoms with van der Waals surface area (Å²) in [7, 11) is -2.08. The zero-order valence-electron chi connectivity index (χ0n) is 18.1. The summed E-state index contributed by atoms with van der Waals surface area (Å²) in [5, 5.41) is 0.569. The van der Waals surface area contributed by atoms with Crippen LogP contribution < -0.4 is 14.4 Å². The molecular formula is C22H25N3O5S2. The van der Waals surface area contributed by atoms with Crippen LogP contribution in [0.3, 0.4) is 0 Å². The zero-order valence-corrected chi connectivity index (χ0v) is 19.7. The summed E-state index contributed by atoms with van der Waals surface area (Å²) in [5.41, 5.74) is 1.96. The van der Waals surface area contributed by atoms with Gasteiger partial charge >= 0.3 is 0 Å². The van der Waals surface area contributed by atoms with Gasteiger partial charge in [0.05, 0.1) is 19.4 Å². The number of aryl methyl sites for hydroxylation is 1. The molecule has 8 nitrogen and oxygen atoms in total. The van der Waals surface area contributed by atoms with Gasteiger partial charge in [-0.15, -0.1) is 11.3 Å². The summed E-state index contributed by atoms with van der Waals surface area (Å²) in [5.74, 6) is -0.0651. The molecule has 1 N–H and O–H groups in total. The van der Waals surface area contributed by atoms with Crippen molar-refractivity contribution in [2.75, 3.05) is 31.5 Å². The fraction of sp³-hybridized carbons (Fsp3) is 0.273. The summed E-state index contributed by atoms with van der Waals surface area (Å²) in [4.78, 5) is 19.5. The van der Waals surface area contributed by atoms with Gasteiger partial charge in [-0.05, 0) is 24.6 Å². The van der Waals surface area contributed by atoms with Gasteiger partial charge in [0.25, 0.3) is 5.91 Å². The molecule has 2 aromatic carbocycles. The molecular weight excluding hydrogens is 450 g/mol. The molecule has 0 spiro atoms. The topological polar surface area (TPSA) is 97.8 Å². The van der Waals surface area contributed by atoms with Crippen molar-refractivity contribution < 1.29 is 22.7 Å². The van der Waals surface area contributed by atoms with E-state index in [1.165, 1.54) is 11.3 Å². The lowest BCUT2D eigenvalue weighted by atomic mass is 10.2. The number of sulfonamides is 1. The van der Waals surface area contributed by atoms with Crippen molar-refractivity contribution in [2.45, 2.75) is 13.5 Å². The van der Waals surface area contributed by atoms with E-state index < -0.39 is 15.9 Å². The molecule has 0 bridgehead atoms. The van der Waals surface area contributed by atoms with E-state index in [0.29, 0.717) is 35.5 Å². The number of carbonyl (C=O) groups excluding carboxylic acids is 1. The molecule has 3 aromatic rings. The largest absolute Gasteiger partial charge is 0.491 e. The molecule has 0 aliphatic rings. The Morgan fingerprint density at radius 1 is 1.12 bits per heavy atom. The Morgan fingerprint density at radius 3 is 2.56 bits per heavy atom. The molecule has 0 radical (unpaired) electrons. The lowest BCUT2D eigenvalue weighted by Gasteiger charge is -2.23. The van der Waals surface area contributed by atoms with E-state index in [1.807, 2.05) is 64.2 Å². The van der Waals surface area contributed by atoms with E-state index in [9.17, 15) is 13.2 Å². The first kappa shape index (κ1) is 23.7. The Morgan fingerprint density at radius 2 is 1.88 bits per heavy atom. The minimum Gasteiger partial charge on any atom is -0.491 e. The van der Waals surface area contributed by atoms with Gasteiger partial charge in [-0.1, -0.05) is 36.4 Å². The number of methoxy groups -OCH3 is 1. The average Bonchev–Trinajstić information content (AvgIpc) is 3.13. The molecule has 0 aliphatic carbocycles. The van der Waals surface area contributed by atoms with Crippen LogP contribution in [0.1, 0.15) is 20.9 Å². The molecule has 0 saturated carbocycles. The van der Waals surface area contributed by atoms with Crippen LogP contribution in [0.25, 0.3) is 0 Å². The van der Waals surface area contributed by atoms with Crippen LogP contribution in [-0.2, 0) is 21.3 Å². The molecule has 0 unspecified atom stereocenters. The molecule has 0 atom stereocenters. The second kappa shape index (κ2) is 10.6. The lowest BCUT2D eigenvalue weighted by Crippen LogP contribution is -2.30. The standard InChI is InChI=1S/C22H25N3O5S2/c1-16-20(21(26)24-32(3,27)28)23-22(31-16)25(15-17-8-5-4-6-9-17)18-10-7-11-19(14-18)30-13-12-29-2/h4-11,14H,12-13,15H2,1-3H3,(H,24,26). The van der Waals surface area contributed by atoms with E-state index in [2.05, 4.69) is 4.98 Å². The summed E-state index contributed by atoms with van der Waals surface area (Å²) < 4.78 is 35.7. The Bertz CT molecular complexity index is 1160. The van der Waals surface area contributed by atoms with Crippen molar-refractivity contribution in [2.24, 2.45) is 0 Å². The first-order chi connectivity index (χ1) is 15.3. The maximum absolute atomic E-state index is 12.4. The number of amides is 1. The molecule has 1 amide bonds. The van der Waals surface area contributed by atoms with Crippen molar-refractivity contribution >= 4 is 38.1 Å². The monoisotopic (exact) mass is 475 g/mol. The van der Waals surface area contributed by atoms with Gasteiger partial charge < -0.3 is 14.4 Å². The van der Waals surface area contributed by atoms with Crippen LogP contribution in [-0.4, -0.2) is 45.9 Å². The predicted octanol–water partition coefficient (Wildman–Crippen LogP) is 3.50. The summed E-state index contributed by atoms with van der Waals surface area (Å²) >= 11 is 1.32. The molecule has 0 fully saturated rings. The number of ether oxygens (including phenoxy) is 2. The van der Waals surface area contributed by atoms with Crippen LogP contribution in [0.4, 0.5) is 10.8 Å². The highest BCUT2D eigenvalue weighted by Crippen LogP contribution is 2.34. The Kier molecular flexibility index (Phi) is 7.84. The number of thiazole rings is 1. The van der Waals surface area contributed by atoms with E-state index >= 15 is 0 Å². The Hall–Kier alpha value is -2.95. The van der Waals surface area contributed by atoms with Gasteiger partial charge in [0.2, 0.25) is 10.0 Å². The van der Waals surface area contributed by atoms with Gasteiger partial charge in [0.15, 0.2) is 5.13 Å². The summed E-state index contributed by atoms with van der Waals surface area (Å²) in [6.07, 6.45) is 0.935. The molecule has 170 valence electrons. The fourth-order valence-electron chi connectivity index (χ4n) is 2.94. The van der Waals surface area contributed by atoms with Crippen molar-refractivity contribution in [1.82, 2.24) is 9.71 Å². The quantitative estimate of drug-likeness (QED) is 0.448. The van der Waals surface area contributed by atoms with Gasteiger partial charge in [0.1, 0.15) is 18.1 Å². The van der Waals surface area contributed by atoms with Gasteiger partial charge in [-0.2, -0.15) is 0 Å². The van der Waals surface area contributed by atoms with Crippen LogP contribution in [0.15, 0.2) is 54.6 Å². The van der Waals surface area contributed by atoms with Crippen LogP contribution in [0.5, 0.6) is 5.75 Å². The SMILES string of the molecule is COCCOc1cccc(N(Cc2ccccc2)c2nc(C(=O)NS(C)(=O)=O)c(C)s2)c1. The second-order valence-corrected chi connectivity index (χ2v) is 9.95. The molecule has 0 saturated heterocycles. The Balaban J connectivity index is 1.97. The first-order valence-electron chi connectivity index (χ1n) is 9.79. The third-order valence-electron chi connectivity index (χ3n) is 4.38. The molecule has 10 heteroatoms. The van der Waals surface area contributed by atoms with E-state index in [-0.39, 0.29) is 5.69 Å². The smallest absolute Gasteiger partial charge is 0.284 e. The summed E-state index contributed by atoms with van der Waals surface area (Å²) in [6.45, 7) is 3.14. The minimum absolute atomic E-state index is 0.0842. The van der Waals surface area contributed by atoms with Gasteiger partial charge in [-0.25, -0.2) is 18.1 Å². The zero-order chi connectivity index (χ0) is 23.1.